The van der Waals surface area contributed by atoms with E-state index in [-0.39, 0.29) is 17.5 Å². The molecule has 1 aromatic carbocycles. The van der Waals surface area contributed by atoms with Gasteiger partial charge in [0.2, 0.25) is 5.91 Å². The van der Waals surface area contributed by atoms with Gasteiger partial charge in [-0.2, -0.15) is 0 Å². The third-order valence-electron chi connectivity index (χ3n) is 4.37. The molecule has 3 rings (SSSR count). The minimum atomic E-state index is -0.350. The fraction of sp³-hybridized carbons (Fsp3) is 0.562. The largest absolute Gasteiger partial charge is 0.346 e. The first-order valence-corrected chi connectivity index (χ1v) is 7.45. The average molecular weight is 273 g/mol. The summed E-state index contributed by atoms with van der Waals surface area (Å²) < 4.78 is 0. The normalized spacial score (nSPS) is 26.5. The predicted molar refractivity (Wildman–Crippen MR) is 78.8 cm³/mol. The highest BCUT2D eigenvalue weighted by Gasteiger charge is 2.39. The highest BCUT2D eigenvalue weighted by atomic mass is 16.2. The lowest BCUT2D eigenvalue weighted by Gasteiger charge is -2.28. The van der Waals surface area contributed by atoms with Gasteiger partial charge in [-0.05, 0) is 44.6 Å². The van der Waals surface area contributed by atoms with Gasteiger partial charge in [-0.15, -0.1) is 0 Å². The van der Waals surface area contributed by atoms with Crippen LogP contribution in [0.4, 0.5) is 0 Å². The molecule has 2 unspecified atom stereocenters. The summed E-state index contributed by atoms with van der Waals surface area (Å²) in [7, 11) is 0. The van der Waals surface area contributed by atoms with Gasteiger partial charge in [0.1, 0.15) is 6.04 Å². The van der Waals surface area contributed by atoms with Crippen LogP contribution in [0.2, 0.25) is 0 Å². The molecule has 3 N–H and O–H groups in total. The Labute approximate surface area is 120 Å². The lowest BCUT2D eigenvalue weighted by Crippen LogP contribution is -2.49. The zero-order chi connectivity index (χ0) is 14.2. The zero-order valence-corrected chi connectivity index (χ0v) is 12.1. The van der Waals surface area contributed by atoms with Gasteiger partial charge in [0.15, 0.2) is 0 Å². The van der Waals surface area contributed by atoms with E-state index < -0.39 is 0 Å². The third-order valence-corrected chi connectivity index (χ3v) is 4.37. The van der Waals surface area contributed by atoms with Crippen molar-refractivity contribution in [3.63, 3.8) is 0 Å². The van der Waals surface area contributed by atoms with Crippen molar-refractivity contribution in [2.45, 2.75) is 50.7 Å². The van der Waals surface area contributed by atoms with Crippen LogP contribution in [-0.4, -0.2) is 18.0 Å². The number of hydrazine groups is 1. The van der Waals surface area contributed by atoms with Crippen molar-refractivity contribution < 1.29 is 4.79 Å². The Balaban J connectivity index is 1.61. The molecule has 4 heteroatoms. The molecule has 0 bridgehead atoms. The number of hydrogen-bond acceptors (Lipinski definition) is 3. The second kappa shape index (κ2) is 5.19. The lowest BCUT2D eigenvalue weighted by molar-refractivity contribution is -0.124. The Morgan fingerprint density at radius 2 is 1.90 bits per heavy atom. The summed E-state index contributed by atoms with van der Waals surface area (Å²) in [6, 6.07) is 10.4. The summed E-state index contributed by atoms with van der Waals surface area (Å²) in [6.45, 7) is 4.09. The van der Waals surface area contributed by atoms with Crippen LogP contribution in [-0.2, 0) is 10.3 Å². The summed E-state index contributed by atoms with van der Waals surface area (Å²) in [5.41, 5.74) is 7.18. The maximum atomic E-state index is 12.4. The van der Waals surface area contributed by atoms with Crippen LogP contribution < -0.4 is 16.2 Å². The number of amides is 1. The van der Waals surface area contributed by atoms with Gasteiger partial charge in [-0.25, -0.2) is 5.43 Å². The summed E-state index contributed by atoms with van der Waals surface area (Å²) in [5, 5.41) is 3.15. The first-order chi connectivity index (χ1) is 9.56. The maximum absolute atomic E-state index is 12.4. The van der Waals surface area contributed by atoms with Crippen molar-refractivity contribution in [1.82, 2.24) is 16.2 Å². The molecule has 2 fully saturated rings. The second-order valence-corrected chi connectivity index (χ2v) is 6.50. The van der Waals surface area contributed by atoms with E-state index in [0.29, 0.717) is 6.04 Å². The van der Waals surface area contributed by atoms with Gasteiger partial charge < -0.3 is 5.32 Å². The fourth-order valence-corrected chi connectivity index (χ4v) is 2.88. The molecule has 1 aliphatic heterocycles. The molecule has 1 aromatic rings. The lowest BCUT2D eigenvalue weighted by atomic mass is 9.93. The van der Waals surface area contributed by atoms with E-state index in [9.17, 15) is 4.79 Å². The Morgan fingerprint density at radius 1 is 1.20 bits per heavy atom. The summed E-state index contributed by atoms with van der Waals surface area (Å²) in [5.74, 6) is 0.844. The first kappa shape index (κ1) is 13.6. The standard InChI is InChI=1S/C16H23N3O/c1-16(2,12-6-4-3-5-7-12)17-15(20)14-10-13(18-19-14)11-8-9-11/h3-7,11,13-14,18-19H,8-10H2,1-2H3,(H,17,20). The average Bonchev–Trinajstić information content (AvgIpc) is 3.17. The minimum Gasteiger partial charge on any atom is -0.346 e. The molecule has 20 heavy (non-hydrogen) atoms. The summed E-state index contributed by atoms with van der Waals surface area (Å²) in [4.78, 5) is 12.4. The smallest absolute Gasteiger partial charge is 0.239 e. The van der Waals surface area contributed by atoms with Crippen molar-refractivity contribution in [2.24, 2.45) is 5.92 Å². The molecule has 1 aliphatic carbocycles. The number of carbonyl (C=O) groups is 1. The van der Waals surface area contributed by atoms with E-state index in [1.54, 1.807) is 0 Å². The van der Waals surface area contributed by atoms with Crippen molar-refractivity contribution in [1.29, 1.82) is 0 Å². The number of benzene rings is 1. The van der Waals surface area contributed by atoms with Crippen LogP contribution in [0.15, 0.2) is 30.3 Å². The number of carbonyl (C=O) groups excluding carboxylic acids is 1. The molecule has 2 aliphatic rings. The predicted octanol–water partition coefficient (Wildman–Crippen LogP) is 1.68. The molecule has 0 spiro atoms. The number of nitrogens with one attached hydrogen (secondary N) is 3. The van der Waals surface area contributed by atoms with Crippen molar-refractivity contribution in [3.05, 3.63) is 35.9 Å². The van der Waals surface area contributed by atoms with E-state index >= 15 is 0 Å². The molecule has 108 valence electrons. The van der Waals surface area contributed by atoms with Crippen LogP contribution in [0.3, 0.4) is 0 Å². The van der Waals surface area contributed by atoms with E-state index in [1.165, 1.54) is 12.8 Å². The van der Waals surface area contributed by atoms with Gasteiger partial charge in [0, 0.05) is 6.04 Å². The second-order valence-electron chi connectivity index (χ2n) is 6.50. The van der Waals surface area contributed by atoms with Gasteiger partial charge >= 0.3 is 0 Å². The molecular weight excluding hydrogens is 250 g/mol. The molecular formula is C16H23N3O. The van der Waals surface area contributed by atoms with Gasteiger partial charge in [0.25, 0.3) is 0 Å². The van der Waals surface area contributed by atoms with E-state index in [4.69, 9.17) is 0 Å². The minimum absolute atomic E-state index is 0.0782. The van der Waals surface area contributed by atoms with E-state index in [1.807, 2.05) is 44.2 Å². The Bertz CT molecular complexity index is 482. The summed E-state index contributed by atoms with van der Waals surface area (Å²) >= 11 is 0. The van der Waals surface area contributed by atoms with Crippen molar-refractivity contribution in [3.8, 4) is 0 Å². The molecule has 2 atom stereocenters. The highest BCUT2D eigenvalue weighted by Crippen LogP contribution is 2.35. The van der Waals surface area contributed by atoms with Gasteiger partial charge in [0.05, 0.1) is 5.54 Å². The SMILES string of the molecule is CC(C)(NC(=O)C1CC(C2CC2)NN1)c1ccccc1. The Hall–Kier alpha value is -1.39. The molecule has 1 amide bonds. The quantitative estimate of drug-likeness (QED) is 0.782. The molecule has 1 heterocycles. The van der Waals surface area contributed by atoms with Crippen LogP contribution >= 0.6 is 0 Å². The van der Waals surface area contributed by atoms with Crippen LogP contribution in [0, 0.1) is 5.92 Å². The van der Waals surface area contributed by atoms with Gasteiger partial charge in [-0.1, -0.05) is 30.3 Å². The van der Waals surface area contributed by atoms with Crippen molar-refractivity contribution >= 4 is 5.91 Å². The number of hydrogen-bond donors (Lipinski definition) is 3. The highest BCUT2D eigenvalue weighted by molar-refractivity contribution is 5.82. The van der Waals surface area contributed by atoms with Gasteiger partial charge in [-0.3, -0.25) is 10.2 Å². The number of rotatable bonds is 4. The maximum Gasteiger partial charge on any atom is 0.239 e. The summed E-state index contributed by atoms with van der Waals surface area (Å²) in [6.07, 6.45) is 3.48. The fourth-order valence-electron chi connectivity index (χ4n) is 2.88. The molecule has 1 saturated carbocycles. The van der Waals surface area contributed by atoms with Crippen LogP contribution in [0.1, 0.15) is 38.7 Å². The molecule has 0 aromatic heterocycles. The zero-order valence-electron chi connectivity index (χ0n) is 12.1. The molecule has 4 nitrogen and oxygen atoms in total. The Morgan fingerprint density at radius 3 is 2.55 bits per heavy atom. The van der Waals surface area contributed by atoms with E-state index in [0.717, 1.165) is 17.9 Å². The monoisotopic (exact) mass is 273 g/mol. The molecule has 0 radical (unpaired) electrons. The molecule has 1 saturated heterocycles. The van der Waals surface area contributed by atoms with Crippen LogP contribution in [0.25, 0.3) is 0 Å². The van der Waals surface area contributed by atoms with E-state index in [2.05, 4.69) is 16.2 Å². The topological polar surface area (TPSA) is 53.2 Å². The first-order valence-electron chi connectivity index (χ1n) is 7.45. The van der Waals surface area contributed by atoms with Crippen LogP contribution in [0.5, 0.6) is 0 Å². The third kappa shape index (κ3) is 2.86. The Kier molecular flexibility index (Phi) is 3.52. The van der Waals surface area contributed by atoms with Crippen molar-refractivity contribution in [2.75, 3.05) is 0 Å².